The van der Waals surface area contributed by atoms with E-state index in [1.54, 1.807) is 0 Å². The van der Waals surface area contributed by atoms with Gasteiger partial charge in [0.05, 0.1) is 0 Å². The molecule has 0 spiro atoms. The number of nitrogens with zero attached hydrogens (tertiary/aromatic N) is 1. The van der Waals surface area contributed by atoms with E-state index in [1.807, 2.05) is 11.8 Å². The van der Waals surface area contributed by atoms with Crippen molar-refractivity contribution in [3.63, 3.8) is 0 Å². The fraction of sp³-hybridized carbons (Fsp3) is 0.846. The van der Waals surface area contributed by atoms with Gasteiger partial charge in [-0.1, -0.05) is 20.3 Å². The van der Waals surface area contributed by atoms with Gasteiger partial charge in [0.1, 0.15) is 0 Å². The molecule has 5 heteroatoms. The lowest BCUT2D eigenvalue weighted by molar-refractivity contribution is -0.138. The second-order valence-electron chi connectivity index (χ2n) is 4.98. The molecule has 1 aliphatic rings. The Hall–Kier alpha value is -1.26. The van der Waals surface area contributed by atoms with Crippen molar-refractivity contribution in [3.8, 4) is 0 Å². The highest BCUT2D eigenvalue weighted by molar-refractivity contribution is 5.75. The van der Waals surface area contributed by atoms with Gasteiger partial charge < -0.3 is 15.3 Å². The highest BCUT2D eigenvalue weighted by atomic mass is 16.4. The van der Waals surface area contributed by atoms with Gasteiger partial charge >= 0.3 is 12.0 Å². The second-order valence-corrected chi connectivity index (χ2v) is 4.98. The number of nitrogens with one attached hydrogen (secondary N) is 1. The van der Waals surface area contributed by atoms with Gasteiger partial charge in [-0.15, -0.1) is 0 Å². The Morgan fingerprint density at radius 2 is 2.06 bits per heavy atom. The normalized spacial score (nSPS) is 16.1. The molecule has 18 heavy (non-hydrogen) atoms. The van der Waals surface area contributed by atoms with E-state index >= 15 is 0 Å². The number of aliphatic carboxylic acids is 1. The van der Waals surface area contributed by atoms with Crippen molar-refractivity contribution in [1.29, 1.82) is 0 Å². The minimum atomic E-state index is -0.802. The number of hydrogen-bond donors (Lipinski definition) is 2. The van der Waals surface area contributed by atoms with Gasteiger partial charge in [0, 0.05) is 25.6 Å². The zero-order chi connectivity index (χ0) is 13.5. The predicted octanol–water partition coefficient (Wildman–Crippen LogP) is 2.07. The van der Waals surface area contributed by atoms with Crippen LogP contribution in [-0.2, 0) is 4.79 Å². The topological polar surface area (TPSA) is 69.6 Å². The molecule has 0 bridgehead atoms. The van der Waals surface area contributed by atoms with Crippen LogP contribution in [0, 0.1) is 5.92 Å². The number of amides is 2. The van der Waals surface area contributed by atoms with Crippen LogP contribution in [0.3, 0.4) is 0 Å². The molecule has 5 nitrogen and oxygen atoms in total. The van der Waals surface area contributed by atoms with Crippen molar-refractivity contribution < 1.29 is 14.7 Å². The van der Waals surface area contributed by atoms with Crippen LogP contribution in [-0.4, -0.2) is 41.1 Å². The summed E-state index contributed by atoms with van der Waals surface area (Å²) in [6, 6.07) is 0.368. The molecular weight excluding hydrogens is 232 g/mol. The first-order valence-corrected chi connectivity index (χ1v) is 6.84. The maximum absolute atomic E-state index is 12.0. The molecule has 1 aliphatic carbocycles. The minimum Gasteiger partial charge on any atom is -0.481 e. The van der Waals surface area contributed by atoms with Crippen LogP contribution in [0.1, 0.15) is 46.0 Å². The quantitative estimate of drug-likeness (QED) is 0.698. The lowest BCUT2D eigenvalue weighted by Crippen LogP contribution is -2.43. The van der Waals surface area contributed by atoms with E-state index in [-0.39, 0.29) is 18.4 Å². The molecule has 0 heterocycles. The molecule has 2 N–H and O–H groups in total. The average Bonchev–Trinajstić information content (AvgIpc) is 3.14. The minimum absolute atomic E-state index is 0.0223. The Kier molecular flexibility index (Phi) is 5.95. The summed E-state index contributed by atoms with van der Waals surface area (Å²) in [5, 5.41) is 11.6. The molecule has 104 valence electrons. The number of carboxylic acid groups (broad SMARTS) is 1. The molecule has 1 rings (SSSR count). The molecule has 1 saturated carbocycles. The Bertz CT molecular complexity index is 290. The van der Waals surface area contributed by atoms with E-state index in [1.165, 1.54) is 0 Å². The van der Waals surface area contributed by atoms with E-state index in [4.69, 9.17) is 5.11 Å². The smallest absolute Gasteiger partial charge is 0.317 e. The van der Waals surface area contributed by atoms with Crippen molar-refractivity contribution in [2.75, 3.05) is 13.1 Å². The van der Waals surface area contributed by atoms with Crippen LogP contribution in [0.25, 0.3) is 0 Å². The lowest BCUT2D eigenvalue weighted by atomic mass is 10.0. The fourth-order valence-corrected chi connectivity index (χ4v) is 2.02. The SMILES string of the molecule is CCCN(C(=O)NCC(CC)CC(=O)O)C1CC1. The monoisotopic (exact) mass is 256 g/mol. The lowest BCUT2D eigenvalue weighted by Gasteiger charge is -2.23. The molecule has 2 amide bonds. The Labute approximate surface area is 109 Å². The van der Waals surface area contributed by atoms with E-state index in [2.05, 4.69) is 12.2 Å². The predicted molar refractivity (Wildman–Crippen MR) is 69.5 cm³/mol. The highest BCUT2D eigenvalue weighted by Gasteiger charge is 2.31. The molecule has 1 atom stereocenters. The summed E-state index contributed by atoms with van der Waals surface area (Å²) in [4.78, 5) is 24.5. The van der Waals surface area contributed by atoms with Gasteiger partial charge in [-0.2, -0.15) is 0 Å². The van der Waals surface area contributed by atoms with E-state index in [9.17, 15) is 9.59 Å². The molecule has 0 aromatic heterocycles. The number of carbonyl (C=O) groups is 2. The summed E-state index contributed by atoms with van der Waals surface area (Å²) in [7, 11) is 0. The van der Waals surface area contributed by atoms with Crippen molar-refractivity contribution in [2.45, 2.75) is 52.0 Å². The molecule has 0 aliphatic heterocycles. The van der Waals surface area contributed by atoms with Crippen LogP contribution in [0.15, 0.2) is 0 Å². The van der Waals surface area contributed by atoms with Crippen molar-refractivity contribution in [1.82, 2.24) is 10.2 Å². The first-order valence-electron chi connectivity index (χ1n) is 6.84. The Morgan fingerprint density at radius 1 is 1.39 bits per heavy atom. The molecule has 1 fully saturated rings. The van der Waals surface area contributed by atoms with Gasteiger partial charge in [-0.3, -0.25) is 4.79 Å². The summed E-state index contributed by atoms with van der Waals surface area (Å²) >= 11 is 0. The molecule has 0 radical (unpaired) electrons. The first kappa shape index (κ1) is 14.8. The van der Waals surface area contributed by atoms with Crippen LogP contribution in [0.4, 0.5) is 4.79 Å². The highest BCUT2D eigenvalue weighted by Crippen LogP contribution is 2.26. The van der Waals surface area contributed by atoms with Gasteiger partial charge in [0.2, 0.25) is 0 Å². The molecular formula is C13H24N2O3. The molecule has 0 saturated heterocycles. The standard InChI is InChI=1S/C13H24N2O3/c1-3-7-15(11-5-6-11)13(18)14-9-10(4-2)8-12(16)17/h10-11H,3-9H2,1-2H3,(H,14,18)(H,16,17). The first-order chi connectivity index (χ1) is 8.58. The van der Waals surface area contributed by atoms with Gasteiger partial charge in [0.15, 0.2) is 0 Å². The van der Waals surface area contributed by atoms with Crippen LogP contribution < -0.4 is 5.32 Å². The number of rotatable bonds is 8. The number of carbonyl (C=O) groups excluding carboxylic acids is 1. The second kappa shape index (κ2) is 7.24. The Balaban J connectivity index is 2.35. The van der Waals surface area contributed by atoms with Crippen molar-refractivity contribution >= 4 is 12.0 Å². The third kappa shape index (κ3) is 4.94. The van der Waals surface area contributed by atoms with Crippen molar-refractivity contribution in [2.24, 2.45) is 5.92 Å². The van der Waals surface area contributed by atoms with Crippen LogP contribution in [0.2, 0.25) is 0 Å². The zero-order valence-electron chi connectivity index (χ0n) is 11.3. The summed E-state index contributed by atoms with van der Waals surface area (Å²) < 4.78 is 0. The molecule has 1 unspecified atom stereocenters. The third-order valence-electron chi connectivity index (χ3n) is 3.30. The average molecular weight is 256 g/mol. The zero-order valence-corrected chi connectivity index (χ0v) is 11.3. The molecule has 0 aromatic carbocycles. The van der Waals surface area contributed by atoms with Gasteiger partial charge in [-0.05, 0) is 25.2 Å². The maximum Gasteiger partial charge on any atom is 0.317 e. The van der Waals surface area contributed by atoms with Crippen LogP contribution >= 0.6 is 0 Å². The van der Waals surface area contributed by atoms with Crippen LogP contribution in [0.5, 0.6) is 0 Å². The number of carboxylic acids is 1. The third-order valence-corrected chi connectivity index (χ3v) is 3.30. The largest absolute Gasteiger partial charge is 0.481 e. The number of hydrogen-bond acceptors (Lipinski definition) is 2. The summed E-state index contributed by atoms with van der Waals surface area (Å²) in [5.41, 5.74) is 0. The van der Waals surface area contributed by atoms with Crippen molar-refractivity contribution in [3.05, 3.63) is 0 Å². The maximum atomic E-state index is 12.0. The number of urea groups is 1. The van der Waals surface area contributed by atoms with Gasteiger partial charge in [0.25, 0.3) is 0 Å². The molecule has 0 aromatic rings. The van der Waals surface area contributed by atoms with E-state index < -0.39 is 5.97 Å². The summed E-state index contributed by atoms with van der Waals surface area (Å²) in [6.45, 7) is 5.24. The van der Waals surface area contributed by atoms with Gasteiger partial charge in [-0.25, -0.2) is 4.79 Å². The summed E-state index contributed by atoms with van der Waals surface area (Å²) in [5.74, 6) is -0.780. The van der Waals surface area contributed by atoms with E-state index in [0.29, 0.717) is 12.6 Å². The Morgan fingerprint density at radius 3 is 2.50 bits per heavy atom. The fourth-order valence-electron chi connectivity index (χ4n) is 2.02. The van der Waals surface area contributed by atoms with E-state index in [0.717, 1.165) is 32.2 Å². The summed E-state index contributed by atoms with van der Waals surface area (Å²) in [6.07, 6.45) is 4.04.